The van der Waals surface area contributed by atoms with Gasteiger partial charge in [0.1, 0.15) is 11.3 Å². The van der Waals surface area contributed by atoms with E-state index in [1.807, 2.05) is 18.2 Å². The monoisotopic (exact) mass is 507 g/mol. The molecule has 0 fully saturated rings. The van der Waals surface area contributed by atoms with E-state index in [0.29, 0.717) is 16.0 Å². The molecule has 140 valence electrons. The summed E-state index contributed by atoms with van der Waals surface area (Å²) in [6.45, 7) is 0.161. The summed E-state index contributed by atoms with van der Waals surface area (Å²) in [5.41, 5.74) is 1.21. The fraction of sp³-hybridized carbons (Fsp3) is 0.0500. The molecule has 28 heavy (non-hydrogen) atoms. The molecule has 2 aromatic carbocycles. The summed E-state index contributed by atoms with van der Waals surface area (Å²) in [6, 6.07) is 14.6. The molecular formula is C20H12F2IN3OS. The lowest BCUT2D eigenvalue weighted by molar-refractivity contribution is 0.0984. The largest absolute Gasteiger partial charge is 0.278 e. The Bertz CT molecular complexity index is 1170. The first-order chi connectivity index (χ1) is 13.5. The van der Waals surface area contributed by atoms with Crippen molar-refractivity contribution in [3.05, 3.63) is 87.3 Å². The van der Waals surface area contributed by atoms with Crippen molar-refractivity contribution in [3.8, 4) is 0 Å². The van der Waals surface area contributed by atoms with Gasteiger partial charge in [-0.1, -0.05) is 29.5 Å². The van der Waals surface area contributed by atoms with Gasteiger partial charge in [-0.15, -0.1) is 0 Å². The van der Waals surface area contributed by atoms with Gasteiger partial charge in [0.2, 0.25) is 0 Å². The Balaban J connectivity index is 1.82. The van der Waals surface area contributed by atoms with Crippen molar-refractivity contribution in [1.82, 2.24) is 9.97 Å². The van der Waals surface area contributed by atoms with Gasteiger partial charge in [-0.05, 0) is 52.9 Å². The van der Waals surface area contributed by atoms with Crippen molar-refractivity contribution in [1.29, 1.82) is 0 Å². The molecule has 0 aliphatic rings. The van der Waals surface area contributed by atoms with E-state index in [1.54, 1.807) is 30.5 Å². The van der Waals surface area contributed by atoms with Crippen molar-refractivity contribution >= 4 is 55.2 Å². The Morgan fingerprint density at radius 3 is 2.64 bits per heavy atom. The smallest absolute Gasteiger partial charge is 0.261 e. The molecule has 0 aliphatic carbocycles. The zero-order valence-corrected chi connectivity index (χ0v) is 17.2. The molecule has 0 bridgehead atoms. The highest BCUT2D eigenvalue weighted by atomic mass is 127. The molecular weight excluding hydrogens is 495 g/mol. The number of rotatable bonds is 4. The van der Waals surface area contributed by atoms with Crippen molar-refractivity contribution in [3.63, 3.8) is 0 Å². The van der Waals surface area contributed by atoms with Crippen molar-refractivity contribution in [2.75, 3.05) is 4.90 Å². The minimum absolute atomic E-state index is 0.0444. The highest BCUT2D eigenvalue weighted by Gasteiger charge is 2.24. The summed E-state index contributed by atoms with van der Waals surface area (Å²) in [6.07, 6.45) is 1.64. The lowest BCUT2D eigenvalue weighted by atomic mass is 10.2. The number of anilines is 1. The van der Waals surface area contributed by atoms with Crippen LogP contribution >= 0.6 is 33.9 Å². The summed E-state index contributed by atoms with van der Waals surface area (Å²) in [4.78, 5) is 23.3. The predicted molar refractivity (Wildman–Crippen MR) is 113 cm³/mol. The van der Waals surface area contributed by atoms with Crippen LogP contribution < -0.4 is 4.90 Å². The van der Waals surface area contributed by atoms with Gasteiger partial charge in [0.05, 0.1) is 22.5 Å². The number of hydrogen-bond donors (Lipinski definition) is 0. The summed E-state index contributed by atoms with van der Waals surface area (Å²) in [5, 5.41) is 0.287. The van der Waals surface area contributed by atoms with Gasteiger partial charge in [0.15, 0.2) is 10.9 Å². The van der Waals surface area contributed by atoms with Crippen molar-refractivity contribution in [2.24, 2.45) is 0 Å². The number of aromatic nitrogens is 2. The maximum absolute atomic E-state index is 14.1. The molecule has 2 aromatic heterocycles. The first kappa shape index (κ1) is 18.9. The van der Waals surface area contributed by atoms with Crippen LogP contribution in [0.3, 0.4) is 0 Å². The van der Waals surface area contributed by atoms with Crippen molar-refractivity contribution in [2.45, 2.75) is 6.54 Å². The van der Waals surface area contributed by atoms with Gasteiger partial charge in [-0.3, -0.25) is 14.7 Å². The fourth-order valence-electron chi connectivity index (χ4n) is 2.72. The molecule has 0 spiro atoms. The number of thiazole rings is 1. The van der Waals surface area contributed by atoms with Gasteiger partial charge in [-0.2, -0.15) is 0 Å². The van der Waals surface area contributed by atoms with Crippen LogP contribution in [-0.2, 0) is 6.54 Å². The number of benzene rings is 2. The third-order valence-electron chi connectivity index (χ3n) is 4.03. The van der Waals surface area contributed by atoms with E-state index in [-0.39, 0.29) is 23.1 Å². The maximum atomic E-state index is 14.1. The average Bonchev–Trinajstić information content (AvgIpc) is 3.11. The molecule has 0 unspecified atom stereocenters. The number of halogens is 3. The Labute approximate surface area is 177 Å². The predicted octanol–water partition coefficient (Wildman–Crippen LogP) is 5.42. The maximum Gasteiger partial charge on any atom is 0.261 e. The number of hydrogen-bond acceptors (Lipinski definition) is 4. The molecule has 0 N–H and O–H groups in total. The molecule has 4 aromatic rings. The molecule has 1 amide bonds. The average molecular weight is 507 g/mol. The van der Waals surface area contributed by atoms with E-state index in [9.17, 15) is 13.6 Å². The Morgan fingerprint density at radius 1 is 1.11 bits per heavy atom. The van der Waals surface area contributed by atoms with Crippen LogP contribution in [0.2, 0.25) is 0 Å². The second kappa shape index (κ2) is 7.88. The van der Waals surface area contributed by atoms with E-state index in [4.69, 9.17) is 0 Å². The molecule has 8 heteroatoms. The molecule has 2 heterocycles. The van der Waals surface area contributed by atoms with Crippen LogP contribution in [0.15, 0.2) is 60.8 Å². The number of carbonyl (C=O) groups excluding carboxylic acids is 1. The quantitative estimate of drug-likeness (QED) is 0.347. The van der Waals surface area contributed by atoms with Crippen LogP contribution in [0, 0.1) is 15.2 Å². The molecule has 0 aliphatic heterocycles. The number of carbonyl (C=O) groups is 1. The molecule has 0 saturated heterocycles. The van der Waals surface area contributed by atoms with E-state index in [1.165, 1.54) is 11.0 Å². The lowest BCUT2D eigenvalue weighted by Gasteiger charge is -2.20. The Kier molecular flexibility index (Phi) is 5.31. The number of fused-ring (bicyclic) bond motifs is 1. The highest BCUT2D eigenvalue weighted by molar-refractivity contribution is 14.1. The van der Waals surface area contributed by atoms with Crippen LogP contribution in [0.4, 0.5) is 13.9 Å². The lowest BCUT2D eigenvalue weighted by Crippen LogP contribution is -2.31. The highest BCUT2D eigenvalue weighted by Crippen LogP contribution is 2.33. The molecule has 0 radical (unpaired) electrons. The van der Waals surface area contributed by atoms with Gasteiger partial charge in [0.25, 0.3) is 5.91 Å². The third-order valence-corrected chi connectivity index (χ3v) is 5.99. The molecule has 4 nitrogen and oxygen atoms in total. The number of nitrogens with zero attached hydrogens (tertiary/aromatic N) is 3. The summed E-state index contributed by atoms with van der Waals surface area (Å²) >= 11 is 3.16. The van der Waals surface area contributed by atoms with Crippen LogP contribution in [-0.4, -0.2) is 15.9 Å². The normalized spacial score (nSPS) is 11.0. The standard InChI is InChI=1S/C20H12F2IN3OS/c21-12-9-15(22)18-17(10-12)28-20(25-18)26(11-13-5-3-4-8-24-13)19(27)14-6-1-2-7-16(14)23/h1-10H,11H2. The number of amides is 1. The van der Waals surface area contributed by atoms with E-state index in [0.717, 1.165) is 21.0 Å². The molecule has 4 rings (SSSR count). The summed E-state index contributed by atoms with van der Waals surface area (Å²) in [7, 11) is 0. The Morgan fingerprint density at radius 2 is 1.89 bits per heavy atom. The summed E-state index contributed by atoms with van der Waals surface area (Å²) in [5.74, 6) is -1.71. The third kappa shape index (κ3) is 3.74. The first-order valence-electron chi connectivity index (χ1n) is 8.25. The molecule has 0 atom stereocenters. The minimum atomic E-state index is -0.753. The zero-order chi connectivity index (χ0) is 19.7. The van der Waals surface area contributed by atoms with Gasteiger partial charge < -0.3 is 0 Å². The van der Waals surface area contributed by atoms with E-state index < -0.39 is 11.6 Å². The second-order valence-electron chi connectivity index (χ2n) is 5.92. The SMILES string of the molecule is O=C(c1ccccc1I)N(Cc1ccccn1)c1nc2c(F)cc(F)cc2s1. The van der Waals surface area contributed by atoms with E-state index in [2.05, 4.69) is 32.6 Å². The molecule has 0 saturated carbocycles. The van der Waals surface area contributed by atoms with Crippen LogP contribution in [0.1, 0.15) is 16.1 Å². The van der Waals surface area contributed by atoms with Gasteiger partial charge in [-0.25, -0.2) is 13.8 Å². The minimum Gasteiger partial charge on any atom is -0.278 e. The fourth-order valence-corrected chi connectivity index (χ4v) is 4.34. The van der Waals surface area contributed by atoms with E-state index >= 15 is 0 Å². The zero-order valence-electron chi connectivity index (χ0n) is 14.3. The second-order valence-corrected chi connectivity index (χ2v) is 8.09. The number of pyridine rings is 1. The van der Waals surface area contributed by atoms with Crippen molar-refractivity contribution < 1.29 is 13.6 Å². The van der Waals surface area contributed by atoms with Gasteiger partial charge in [0, 0.05) is 15.8 Å². The summed E-state index contributed by atoms with van der Waals surface area (Å²) < 4.78 is 28.8. The van der Waals surface area contributed by atoms with Gasteiger partial charge >= 0.3 is 0 Å². The van der Waals surface area contributed by atoms with Crippen LogP contribution in [0.5, 0.6) is 0 Å². The topological polar surface area (TPSA) is 46.1 Å². The first-order valence-corrected chi connectivity index (χ1v) is 10.1. The van der Waals surface area contributed by atoms with Crippen LogP contribution in [0.25, 0.3) is 10.2 Å². The Hall–Kier alpha value is -2.46.